The van der Waals surface area contributed by atoms with Gasteiger partial charge < -0.3 is 9.47 Å². The molecule has 0 aliphatic carbocycles. The average Bonchev–Trinajstić information content (AvgIpc) is 2.67. The number of halogens is 1. The number of aromatic nitrogens is 2. The number of hydrogen-bond donors (Lipinski definition) is 0. The third kappa shape index (κ3) is 3.95. The van der Waals surface area contributed by atoms with Gasteiger partial charge in [-0.1, -0.05) is 41.9 Å². The van der Waals surface area contributed by atoms with E-state index < -0.39 is 12.1 Å². The number of nitrogens with zero attached hydrogens (tertiary/aromatic N) is 2. The fraction of sp³-hybridized carbons (Fsp3) is 0.250. The zero-order valence-corrected chi connectivity index (χ0v) is 15.8. The van der Waals surface area contributed by atoms with Gasteiger partial charge in [-0.2, -0.15) is 4.98 Å². The molecular weight excluding hydrogens is 368 g/mol. The van der Waals surface area contributed by atoms with Gasteiger partial charge in [-0.3, -0.25) is 9.36 Å². The van der Waals surface area contributed by atoms with Crippen LogP contribution in [0.25, 0.3) is 10.9 Å². The molecule has 0 fully saturated rings. The summed E-state index contributed by atoms with van der Waals surface area (Å²) in [4.78, 5) is 29.7. The monoisotopic (exact) mass is 386 g/mol. The molecule has 140 valence electrons. The second-order valence-corrected chi connectivity index (χ2v) is 6.20. The zero-order chi connectivity index (χ0) is 19.4. The molecule has 0 amide bonds. The first-order valence-corrected chi connectivity index (χ1v) is 9.01. The molecule has 0 spiro atoms. The SMILES string of the molecule is CCOC(=O)C(Oc1nc2ccc(Cl)cc2c(=O)n1CC)c1ccccc1. The first-order chi connectivity index (χ1) is 13.0. The van der Waals surface area contributed by atoms with Crippen LogP contribution in [0.4, 0.5) is 0 Å². The van der Waals surface area contributed by atoms with E-state index in [1.807, 2.05) is 6.07 Å². The van der Waals surface area contributed by atoms with Gasteiger partial charge in [-0.15, -0.1) is 0 Å². The lowest BCUT2D eigenvalue weighted by molar-refractivity contribution is -0.152. The van der Waals surface area contributed by atoms with Crippen molar-refractivity contribution in [2.45, 2.75) is 26.5 Å². The third-order valence-electron chi connectivity index (χ3n) is 4.02. The van der Waals surface area contributed by atoms with Crippen molar-refractivity contribution in [2.24, 2.45) is 0 Å². The summed E-state index contributed by atoms with van der Waals surface area (Å²) < 4.78 is 12.4. The number of esters is 1. The largest absolute Gasteiger partial charge is 0.463 e. The number of hydrogen-bond acceptors (Lipinski definition) is 5. The zero-order valence-electron chi connectivity index (χ0n) is 15.0. The molecule has 7 heteroatoms. The summed E-state index contributed by atoms with van der Waals surface area (Å²) in [7, 11) is 0. The molecule has 1 aromatic heterocycles. The molecule has 3 aromatic rings. The van der Waals surface area contributed by atoms with Crippen LogP contribution in [0.15, 0.2) is 53.3 Å². The van der Waals surface area contributed by atoms with Crippen LogP contribution in [0.1, 0.15) is 25.5 Å². The predicted octanol–water partition coefficient (Wildman–Crippen LogP) is 3.75. The van der Waals surface area contributed by atoms with Gasteiger partial charge in [-0.25, -0.2) is 4.79 Å². The quantitative estimate of drug-likeness (QED) is 0.603. The molecule has 2 aromatic carbocycles. The van der Waals surface area contributed by atoms with Gasteiger partial charge in [0.1, 0.15) is 0 Å². The molecule has 0 N–H and O–H groups in total. The van der Waals surface area contributed by atoms with Crippen molar-refractivity contribution in [1.29, 1.82) is 0 Å². The summed E-state index contributed by atoms with van der Waals surface area (Å²) in [6, 6.07) is 13.9. The van der Waals surface area contributed by atoms with Crippen LogP contribution >= 0.6 is 11.6 Å². The van der Waals surface area contributed by atoms with Gasteiger partial charge in [0, 0.05) is 17.1 Å². The Balaban J connectivity index is 2.10. The van der Waals surface area contributed by atoms with Crippen LogP contribution in [-0.4, -0.2) is 22.1 Å². The highest BCUT2D eigenvalue weighted by Gasteiger charge is 2.26. The Kier molecular flexibility index (Phi) is 5.76. The van der Waals surface area contributed by atoms with E-state index in [1.165, 1.54) is 4.57 Å². The lowest BCUT2D eigenvalue weighted by Crippen LogP contribution is -2.27. The maximum atomic E-state index is 12.8. The standard InChI is InChI=1S/C20H19ClN2O4/c1-3-23-18(24)15-12-14(21)10-11-16(15)22-20(23)27-17(19(25)26-4-2)13-8-6-5-7-9-13/h5-12,17H,3-4H2,1-2H3. The number of fused-ring (bicyclic) bond motifs is 1. The smallest absolute Gasteiger partial charge is 0.352 e. The fourth-order valence-electron chi connectivity index (χ4n) is 2.74. The van der Waals surface area contributed by atoms with Gasteiger partial charge >= 0.3 is 12.0 Å². The van der Waals surface area contributed by atoms with Crippen molar-refractivity contribution in [3.63, 3.8) is 0 Å². The first-order valence-electron chi connectivity index (χ1n) is 8.63. The molecule has 0 aliphatic rings. The van der Waals surface area contributed by atoms with Crippen LogP contribution in [0.5, 0.6) is 6.01 Å². The normalized spacial score (nSPS) is 12.0. The van der Waals surface area contributed by atoms with Gasteiger partial charge in [0.05, 0.1) is 17.5 Å². The van der Waals surface area contributed by atoms with Crippen LogP contribution in [0.2, 0.25) is 5.02 Å². The predicted molar refractivity (Wildman–Crippen MR) is 103 cm³/mol. The number of rotatable bonds is 6. The molecule has 0 bridgehead atoms. The molecule has 0 saturated carbocycles. The Morgan fingerprint density at radius 2 is 1.93 bits per heavy atom. The maximum absolute atomic E-state index is 12.8. The summed E-state index contributed by atoms with van der Waals surface area (Å²) in [6.07, 6.45) is -1.03. The number of ether oxygens (including phenoxy) is 2. The van der Waals surface area contributed by atoms with Gasteiger partial charge in [-0.05, 0) is 32.0 Å². The number of carbonyl (C=O) groups excluding carboxylic acids is 1. The highest BCUT2D eigenvalue weighted by molar-refractivity contribution is 6.31. The van der Waals surface area contributed by atoms with Crippen molar-refractivity contribution >= 4 is 28.5 Å². The summed E-state index contributed by atoms with van der Waals surface area (Å²) in [5, 5.41) is 0.843. The summed E-state index contributed by atoms with van der Waals surface area (Å²) in [5.74, 6) is -0.545. The molecule has 27 heavy (non-hydrogen) atoms. The Morgan fingerprint density at radius 1 is 1.19 bits per heavy atom. The lowest BCUT2D eigenvalue weighted by atomic mass is 10.1. The lowest BCUT2D eigenvalue weighted by Gasteiger charge is -2.19. The molecule has 0 radical (unpaired) electrons. The second kappa shape index (κ2) is 8.22. The van der Waals surface area contributed by atoms with Crippen molar-refractivity contribution in [1.82, 2.24) is 9.55 Å². The van der Waals surface area contributed by atoms with Crippen molar-refractivity contribution < 1.29 is 14.3 Å². The minimum Gasteiger partial charge on any atom is -0.463 e. The minimum atomic E-state index is -1.03. The molecule has 0 aliphatic heterocycles. The van der Waals surface area contributed by atoms with E-state index in [1.54, 1.807) is 56.3 Å². The Morgan fingerprint density at radius 3 is 2.59 bits per heavy atom. The van der Waals surface area contributed by atoms with Crippen LogP contribution < -0.4 is 10.3 Å². The maximum Gasteiger partial charge on any atom is 0.352 e. The van der Waals surface area contributed by atoms with E-state index in [9.17, 15) is 9.59 Å². The van der Waals surface area contributed by atoms with Crippen molar-refractivity contribution in [2.75, 3.05) is 6.61 Å². The molecule has 3 rings (SSSR count). The molecule has 0 saturated heterocycles. The van der Waals surface area contributed by atoms with Crippen LogP contribution in [0, 0.1) is 0 Å². The number of carbonyl (C=O) groups is 1. The first kappa shape index (κ1) is 18.9. The fourth-order valence-corrected chi connectivity index (χ4v) is 2.92. The summed E-state index contributed by atoms with van der Waals surface area (Å²) in [5.41, 5.74) is 0.777. The number of benzene rings is 2. The summed E-state index contributed by atoms with van der Waals surface area (Å²) in [6.45, 7) is 4.07. The van der Waals surface area contributed by atoms with E-state index in [0.29, 0.717) is 28.0 Å². The van der Waals surface area contributed by atoms with E-state index in [0.717, 1.165) is 0 Å². The van der Waals surface area contributed by atoms with E-state index in [2.05, 4.69) is 4.98 Å². The van der Waals surface area contributed by atoms with E-state index in [4.69, 9.17) is 21.1 Å². The average molecular weight is 387 g/mol. The third-order valence-corrected chi connectivity index (χ3v) is 4.26. The van der Waals surface area contributed by atoms with Gasteiger partial charge in [0.2, 0.25) is 6.10 Å². The molecule has 1 atom stereocenters. The topological polar surface area (TPSA) is 70.4 Å². The minimum absolute atomic E-state index is 0.0548. The van der Waals surface area contributed by atoms with E-state index in [-0.39, 0.29) is 18.2 Å². The van der Waals surface area contributed by atoms with Gasteiger partial charge in [0.15, 0.2) is 0 Å². The molecular formula is C20H19ClN2O4. The Labute approximate surface area is 161 Å². The molecule has 1 heterocycles. The van der Waals surface area contributed by atoms with Crippen molar-refractivity contribution in [3.05, 3.63) is 69.5 Å². The second-order valence-electron chi connectivity index (χ2n) is 5.77. The highest BCUT2D eigenvalue weighted by atomic mass is 35.5. The highest BCUT2D eigenvalue weighted by Crippen LogP contribution is 2.24. The van der Waals surface area contributed by atoms with Crippen LogP contribution in [0.3, 0.4) is 0 Å². The Bertz CT molecular complexity index is 1020. The molecule has 6 nitrogen and oxygen atoms in total. The summed E-state index contributed by atoms with van der Waals surface area (Å²) >= 11 is 6.00. The Hall–Kier alpha value is -2.86. The van der Waals surface area contributed by atoms with Gasteiger partial charge in [0.25, 0.3) is 5.56 Å². The van der Waals surface area contributed by atoms with E-state index >= 15 is 0 Å². The van der Waals surface area contributed by atoms with Crippen LogP contribution in [-0.2, 0) is 16.1 Å². The van der Waals surface area contributed by atoms with Crippen molar-refractivity contribution in [3.8, 4) is 6.01 Å². The molecule has 1 unspecified atom stereocenters.